The van der Waals surface area contributed by atoms with Crippen LogP contribution in [-0.2, 0) is 17.8 Å². The first-order valence-corrected chi connectivity index (χ1v) is 7.68. The number of benzene rings is 2. The lowest BCUT2D eigenvalue weighted by Crippen LogP contribution is -2.83. The molecule has 23 heavy (non-hydrogen) atoms. The van der Waals surface area contributed by atoms with Gasteiger partial charge >= 0.3 is 0 Å². The second-order valence-corrected chi connectivity index (χ2v) is 5.57. The highest BCUT2D eigenvalue weighted by molar-refractivity contribution is 6.30. The van der Waals surface area contributed by atoms with Gasteiger partial charge in [-0.1, -0.05) is 29.8 Å². The van der Waals surface area contributed by atoms with Gasteiger partial charge in [-0.25, -0.2) is 4.39 Å². The van der Waals surface area contributed by atoms with Gasteiger partial charge in [-0.2, -0.15) is 0 Å². The molecule has 2 rings (SSSR count). The third-order valence-corrected chi connectivity index (χ3v) is 3.57. The third kappa shape index (κ3) is 5.54. The Morgan fingerprint density at radius 3 is 2.74 bits per heavy atom. The quantitative estimate of drug-likeness (QED) is 0.719. The molecule has 6 heteroatoms. The summed E-state index contributed by atoms with van der Waals surface area (Å²) in [7, 11) is 0. The smallest absolute Gasteiger partial charge is 0.255 e. The first-order valence-electron chi connectivity index (χ1n) is 7.31. The summed E-state index contributed by atoms with van der Waals surface area (Å²) in [5.74, 6) is -0.140. The van der Waals surface area contributed by atoms with Crippen LogP contribution in [-0.4, -0.2) is 19.1 Å². The molecular formula is C17H19ClFN2O2+. The van der Waals surface area contributed by atoms with Crippen LogP contribution >= 0.6 is 11.6 Å². The van der Waals surface area contributed by atoms with Gasteiger partial charge in [-0.05, 0) is 29.8 Å². The highest BCUT2D eigenvalue weighted by Crippen LogP contribution is 2.22. The molecule has 0 aliphatic heterocycles. The molecule has 0 saturated heterocycles. The van der Waals surface area contributed by atoms with Gasteiger partial charge < -0.3 is 15.8 Å². The molecule has 0 bridgehead atoms. The maximum absolute atomic E-state index is 13.5. The summed E-state index contributed by atoms with van der Waals surface area (Å²) < 4.78 is 18.9. The summed E-state index contributed by atoms with van der Waals surface area (Å²) in [6.45, 7) is 1.16. The van der Waals surface area contributed by atoms with Crippen molar-refractivity contribution < 1.29 is 19.2 Å². The van der Waals surface area contributed by atoms with Gasteiger partial charge in [-0.3, -0.25) is 4.79 Å². The second-order valence-electron chi connectivity index (χ2n) is 5.13. The normalized spacial score (nSPS) is 10.5. The van der Waals surface area contributed by atoms with Gasteiger partial charge in [0, 0.05) is 17.0 Å². The van der Waals surface area contributed by atoms with Crippen LogP contribution in [0.15, 0.2) is 42.5 Å². The van der Waals surface area contributed by atoms with Crippen molar-refractivity contribution in [2.24, 2.45) is 5.73 Å². The van der Waals surface area contributed by atoms with Gasteiger partial charge in [0.05, 0.1) is 6.54 Å². The largest absolute Gasteiger partial charge is 0.483 e. The Bertz CT molecular complexity index is 679. The fourth-order valence-electron chi connectivity index (χ4n) is 2.21. The molecule has 0 saturated carbocycles. The number of primary amides is 1. The van der Waals surface area contributed by atoms with Crippen molar-refractivity contribution in [1.29, 1.82) is 0 Å². The Balaban J connectivity index is 1.90. The van der Waals surface area contributed by atoms with Crippen LogP contribution in [0.4, 0.5) is 4.39 Å². The van der Waals surface area contributed by atoms with Crippen LogP contribution in [0.5, 0.6) is 5.75 Å². The molecule has 0 unspecified atom stereocenters. The standard InChI is InChI=1S/C17H18ClFN2O2/c18-14-5-6-16(23-11-17(20)22)13(9-14)10-21-8-7-12-3-1-2-4-15(12)19/h1-6,9,21H,7-8,10-11H2,(H2,20,22)/p+1. The maximum atomic E-state index is 13.5. The van der Waals surface area contributed by atoms with Crippen molar-refractivity contribution in [1.82, 2.24) is 0 Å². The van der Waals surface area contributed by atoms with Crippen LogP contribution in [0.25, 0.3) is 0 Å². The van der Waals surface area contributed by atoms with Gasteiger partial charge in [0.1, 0.15) is 18.1 Å². The number of hydrogen-bond donors (Lipinski definition) is 2. The first kappa shape index (κ1) is 17.2. The van der Waals surface area contributed by atoms with Crippen molar-refractivity contribution in [2.75, 3.05) is 13.2 Å². The molecule has 2 aromatic carbocycles. The Kier molecular flexibility index (Phi) is 6.38. The number of carbonyl (C=O) groups is 1. The van der Waals surface area contributed by atoms with E-state index in [2.05, 4.69) is 0 Å². The number of hydrogen-bond acceptors (Lipinski definition) is 2. The zero-order chi connectivity index (χ0) is 16.7. The minimum atomic E-state index is -0.533. The highest BCUT2D eigenvalue weighted by Gasteiger charge is 2.09. The van der Waals surface area contributed by atoms with Crippen molar-refractivity contribution in [3.8, 4) is 5.75 Å². The van der Waals surface area contributed by atoms with Crippen LogP contribution in [0, 0.1) is 5.82 Å². The van der Waals surface area contributed by atoms with E-state index in [0.717, 1.165) is 12.1 Å². The molecule has 0 aliphatic rings. The summed E-state index contributed by atoms with van der Waals surface area (Å²) in [6.07, 6.45) is 0.630. The van der Waals surface area contributed by atoms with E-state index in [4.69, 9.17) is 22.1 Å². The fraction of sp³-hybridized carbons (Fsp3) is 0.235. The number of amides is 1. The maximum Gasteiger partial charge on any atom is 0.255 e. The Morgan fingerprint density at radius 2 is 2.00 bits per heavy atom. The van der Waals surface area contributed by atoms with E-state index in [1.807, 2.05) is 11.4 Å². The molecule has 0 fully saturated rings. The Hall–Kier alpha value is -2.11. The number of carbonyl (C=O) groups excluding carboxylic acids is 1. The number of quaternary nitrogens is 1. The topological polar surface area (TPSA) is 68.9 Å². The van der Waals surface area contributed by atoms with E-state index in [0.29, 0.717) is 29.3 Å². The lowest BCUT2D eigenvalue weighted by molar-refractivity contribution is -0.670. The minimum Gasteiger partial charge on any atom is -0.483 e. The summed E-state index contributed by atoms with van der Waals surface area (Å²) in [5, 5.41) is 2.63. The number of ether oxygens (including phenoxy) is 1. The molecule has 0 aromatic heterocycles. The summed E-state index contributed by atoms with van der Waals surface area (Å²) in [4.78, 5) is 10.8. The van der Waals surface area contributed by atoms with Crippen LogP contribution < -0.4 is 15.8 Å². The Morgan fingerprint density at radius 1 is 1.22 bits per heavy atom. The van der Waals surface area contributed by atoms with Gasteiger partial charge in [0.2, 0.25) is 0 Å². The summed E-state index contributed by atoms with van der Waals surface area (Å²) in [6, 6.07) is 11.9. The van der Waals surface area contributed by atoms with Crippen molar-refractivity contribution in [2.45, 2.75) is 13.0 Å². The van der Waals surface area contributed by atoms with Crippen molar-refractivity contribution in [3.63, 3.8) is 0 Å². The number of halogens is 2. The minimum absolute atomic E-state index is 0.177. The van der Waals surface area contributed by atoms with E-state index < -0.39 is 5.91 Å². The van der Waals surface area contributed by atoms with E-state index in [1.54, 1.807) is 30.3 Å². The Labute approximate surface area is 139 Å². The molecule has 0 atom stereocenters. The molecule has 2 aromatic rings. The zero-order valence-electron chi connectivity index (χ0n) is 12.6. The van der Waals surface area contributed by atoms with Crippen molar-refractivity contribution >= 4 is 17.5 Å². The van der Waals surface area contributed by atoms with E-state index in [9.17, 15) is 9.18 Å². The van der Waals surface area contributed by atoms with Crippen LogP contribution in [0.1, 0.15) is 11.1 Å². The molecule has 1 amide bonds. The summed E-state index contributed by atoms with van der Waals surface area (Å²) in [5.41, 5.74) is 6.65. The lowest BCUT2D eigenvalue weighted by atomic mass is 10.1. The van der Waals surface area contributed by atoms with E-state index in [1.165, 1.54) is 6.07 Å². The molecule has 0 aliphatic carbocycles. The molecule has 4 nitrogen and oxygen atoms in total. The number of nitrogens with two attached hydrogens (primary N) is 2. The predicted octanol–water partition coefficient (Wildman–Crippen LogP) is 1.65. The van der Waals surface area contributed by atoms with E-state index >= 15 is 0 Å². The highest BCUT2D eigenvalue weighted by atomic mass is 35.5. The zero-order valence-corrected chi connectivity index (χ0v) is 13.4. The second kappa shape index (κ2) is 8.50. The number of rotatable bonds is 8. The monoisotopic (exact) mass is 337 g/mol. The molecular weight excluding hydrogens is 319 g/mol. The average molecular weight is 338 g/mol. The molecule has 0 spiro atoms. The van der Waals surface area contributed by atoms with Gasteiger partial charge in [-0.15, -0.1) is 0 Å². The summed E-state index contributed by atoms with van der Waals surface area (Å²) >= 11 is 6.00. The van der Waals surface area contributed by atoms with Gasteiger partial charge in [0.15, 0.2) is 6.61 Å². The molecule has 0 heterocycles. The third-order valence-electron chi connectivity index (χ3n) is 3.33. The molecule has 4 N–H and O–H groups in total. The fourth-order valence-corrected chi connectivity index (χ4v) is 2.41. The first-order chi connectivity index (χ1) is 11.1. The van der Waals surface area contributed by atoms with E-state index in [-0.39, 0.29) is 12.4 Å². The van der Waals surface area contributed by atoms with Gasteiger partial charge in [0.25, 0.3) is 5.91 Å². The lowest BCUT2D eigenvalue weighted by Gasteiger charge is -2.10. The van der Waals surface area contributed by atoms with Crippen molar-refractivity contribution in [3.05, 3.63) is 64.4 Å². The predicted molar refractivity (Wildman–Crippen MR) is 86.7 cm³/mol. The molecule has 0 radical (unpaired) electrons. The SMILES string of the molecule is NC(=O)COc1ccc(Cl)cc1C[NH2+]CCc1ccccc1F. The average Bonchev–Trinajstić information content (AvgIpc) is 2.52. The molecule has 122 valence electrons. The van der Waals surface area contributed by atoms with Crippen LogP contribution in [0.3, 0.4) is 0 Å². The van der Waals surface area contributed by atoms with Crippen LogP contribution in [0.2, 0.25) is 5.02 Å².